The van der Waals surface area contributed by atoms with E-state index in [0.717, 1.165) is 15.4 Å². The van der Waals surface area contributed by atoms with E-state index in [0.29, 0.717) is 6.42 Å². The summed E-state index contributed by atoms with van der Waals surface area (Å²) in [5.74, 6) is 0. The maximum Gasteiger partial charge on any atom is 0.0896 e. The summed E-state index contributed by atoms with van der Waals surface area (Å²) in [6.07, 6.45) is 2.43. The summed E-state index contributed by atoms with van der Waals surface area (Å²) >= 11 is 1.61. The molecule has 3 nitrogen and oxygen atoms in total. The molecule has 0 aliphatic rings. The first kappa shape index (κ1) is 13.2. The van der Waals surface area contributed by atoms with Crippen molar-refractivity contribution < 1.29 is 10.2 Å². The predicted octanol–water partition coefficient (Wildman–Crippen LogP) is 1.92. The molecule has 0 fully saturated rings. The molecule has 2 N–H and O–H groups in total. The molecular formula is C14H17NO2S. The SMILES string of the molecule is Cc1ncc(CC(CO)(CO)c2ccccc2)s1. The molecule has 2 aromatic rings. The number of hydrogen-bond donors (Lipinski definition) is 2. The van der Waals surface area contributed by atoms with E-state index in [1.165, 1.54) is 0 Å². The summed E-state index contributed by atoms with van der Waals surface area (Å²) < 4.78 is 0. The third-order valence-corrected chi connectivity index (χ3v) is 4.09. The predicted molar refractivity (Wildman–Crippen MR) is 72.8 cm³/mol. The average Bonchev–Trinajstić information content (AvgIpc) is 2.82. The van der Waals surface area contributed by atoms with Crippen LogP contribution in [0.2, 0.25) is 0 Å². The highest BCUT2D eigenvalue weighted by Gasteiger charge is 2.31. The summed E-state index contributed by atoms with van der Waals surface area (Å²) in [7, 11) is 0. The topological polar surface area (TPSA) is 53.4 Å². The number of hydrogen-bond acceptors (Lipinski definition) is 4. The molecule has 0 unspecified atom stereocenters. The lowest BCUT2D eigenvalue weighted by Crippen LogP contribution is -2.37. The van der Waals surface area contributed by atoms with Crippen LogP contribution in [0.15, 0.2) is 36.5 Å². The van der Waals surface area contributed by atoms with Gasteiger partial charge in [-0.3, -0.25) is 0 Å². The van der Waals surface area contributed by atoms with Gasteiger partial charge < -0.3 is 10.2 Å². The van der Waals surface area contributed by atoms with Crippen LogP contribution < -0.4 is 0 Å². The standard InChI is InChI=1S/C14H17NO2S/c1-11-15-8-13(18-11)7-14(9-16,10-17)12-5-3-2-4-6-12/h2-6,8,16-17H,7,9-10H2,1H3. The van der Waals surface area contributed by atoms with Crippen molar-refractivity contribution in [3.05, 3.63) is 52.0 Å². The Hall–Kier alpha value is -1.23. The second kappa shape index (κ2) is 5.61. The molecule has 0 bridgehead atoms. The normalized spacial score (nSPS) is 11.7. The van der Waals surface area contributed by atoms with E-state index < -0.39 is 5.41 Å². The van der Waals surface area contributed by atoms with Crippen molar-refractivity contribution in [2.24, 2.45) is 0 Å². The van der Waals surface area contributed by atoms with E-state index in [4.69, 9.17) is 0 Å². The molecule has 2 rings (SSSR count). The first-order chi connectivity index (χ1) is 8.70. The quantitative estimate of drug-likeness (QED) is 0.866. The molecule has 0 saturated carbocycles. The molecule has 96 valence electrons. The van der Waals surface area contributed by atoms with Gasteiger partial charge in [0.2, 0.25) is 0 Å². The molecule has 0 amide bonds. The van der Waals surface area contributed by atoms with Gasteiger partial charge in [-0.15, -0.1) is 11.3 Å². The average molecular weight is 263 g/mol. The molecule has 18 heavy (non-hydrogen) atoms. The van der Waals surface area contributed by atoms with Gasteiger partial charge in [-0.1, -0.05) is 30.3 Å². The number of aryl methyl sites for hydroxylation is 1. The zero-order chi connectivity index (χ0) is 13.0. The fraction of sp³-hybridized carbons (Fsp3) is 0.357. The Bertz CT molecular complexity index is 492. The largest absolute Gasteiger partial charge is 0.395 e. The third kappa shape index (κ3) is 2.61. The van der Waals surface area contributed by atoms with Gasteiger partial charge in [-0.2, -0.15) is 0 Å². The van der Waals surface area contributed by atoms with Crippen molar-refractivity contribution >= 4 is 11.3 Å². The molecule has 0 saturated heterocycles. The monoisotopic (exact) mass is 263 g/mol. The maximum atomic E-state index is 9.72. The number of thiazole rings is 1. The molecular weight excluding hydrogens is 246 g/mol. The minimum atomic E-state index is -0.625. The van der Waals surface area contributed by atoms with Crippen LogP contribution in [0, 0.1) is 6.92 Å². The Labute approximate surface area is 111 Å². The van der Waals surface area contributed by atoms with Crippen LogP contribution in [-0.4, -0.2) is 28.4 Å². The second-order valence-electron chi connectivity index (χ2n) is 4.48. The molecule has 0 atom stereocenters. The zero-order valence-electron chi connectivity index (χ0n) is 10.3. The molecule has 0 radical (unpaired) electrons. The van der Waals surface area contributed by atoms with Crippen molar-refractivity contribution in [1.29, 1.82) is 0 Å². The number of aliphatic hydroxyl groups excluding tert-OH is 2. The van der Waals surface area contributed by atoms with Gasteiger partial charge in [-0.25, -0.2) is 4.98 Å². The molecule has 1 heterocycles. The van der Waals surface area contributed by atoms with Crippen molar-refractivity contribution in [2.45, 2.75) is 18.8 Å². The van der Waals surface area contributed by atoms with Crippen LogP contribution in [0.25, 0.3) is 0 Å². The van der Waals surface area contributed by atoms with Crippen molar-refractivity contribution in [3.8, 4) is 0 Å². The van der Waals surface area contributed by atoms with Gasteiger partial charge in [0, 0.05) is 16.5 Å². The smallest absolute Gasteiger partial charge is 0.0896 e. The Kier molecular flexibility index (Phi) is 4.11. The zero-order valence-corrected chi connectivity index (χ0v) is 11.2. The summed E-state index contributed by atoms with van der Waals surface area (Å²) in [5.41, 5.74) is 0.335. The number of rotatable bonds is 5. The van der Waals surface area contributed by atoms with Crippen LogP contribution in [0.5, 0.6) is 0 Å². The number of aliphatic hydroxyl groups is 2. The Morgan fingerprint density at radius 1 is 1.17 bits per heavy atom. The lowest BCUT2D eigenvalue weighted by atomic mass is 9.78. The molecule has 1 aromatic heterocycles. The summed E-state index contributed by atoms with van der Waals surface area (Å²) in [6.45, 7) is 1.80. The molecule has 0 aliphatic carbocycles. The fourth-order valence-corrected chi connectivity index (χ4v) is 3.00. The van der Waals surface area contributed by atoms with E-state index in [1.54, 1.807) is 11.3 Å². The van der Waals surface area contributed by atoms with Gasteiger partial charge in [-0.05, 0) is 18.9 Å². The van der Waals surface area contributed by atoms with Gasteiger partial charge in [0.25, 0.3) is 0 Å². The Balaban J connectivity index is 2.32. The van der Waals surface area contributed by atoms with E-state index in [9.17, 15) is 10.2 Å². The van der Waals surface area contributed by atoms with E-state index in [-0.39, 0.29) is 13.2 Å². The lowest BCUT2D eigenvalue weighted by Gasteiger charge is -2.29. The molecule has 0 spiro atoms. The second-order valence-corrected chi connectivity index (χ2v) is 5.80. The van der Waals surface area contributed by atoms with Crippen LogP contribution in [0.4, 0.5) is 0 Å². The van der Waals surface area contributed by atoms with Gasteiger partial charge in [0.05, 0.1) is 18.2 Å². The highest BCUT2D eigenvalue weighted by atomic mass is 32.1. The van der Waals surface area contributed by atoms with E-state index >= 15 is 0 Å². The first-order valence-corrected chi connectivity index (χ1v) is 6.70. The molecule has 4 heteroatoms. The molecule has 0 aliphatic heterocycles. The Morgan fingerprint density at radius 2 is 1.83 bits per heavy atom. The molecule has 1 aromatic carbocycles. The highest BCUT2D eigenvalue weighted by Crippen LogP contribution is 2.29. The van der Waals surface area contributed by atoms with Gasteiger partial charge >= 0.3 is 0 Å². The maximum absolute atomic E-state index is 9.72. The lowest BCUT2D eigenvalue weighted by molar-refractivity contribution is 0.117. The first-order valence-electron chi connectivity index (χ1n) is 5.89. The third-order valence-electron chi connectivity index (χ3n) is 3.17. The number of aromatic nitrogens is 1. The van der Waals surface area contributed by atoms with Gasteiger partial charge in [0.1, 0.15) is 0 Å². The van der Waals surface area contributed by atoms with Crippen molar-refractivity contribution in [2.75, 3.05) is 13.2 Å². The van der Waals surface area contributed by atoms with Crippen molar-refractivity contribution in [3.63, 3.8) is 0 Å². The highest BCUT2D eigenvalue weighted by molar-refractivity contribution is 7.11. The van der Waals surface area contributed by atoms with Crippen molar-refractivity contribution in [1.82, 2.24) is 4.98 Å². The fourth-order valence-electron chi connectivity index (χ4n) is 2.06. The summed E-state index contributed by atoms with van der Waals surface area (Å²) in [6, 6.07) is 9.67. The number of nitrogens with zero attached hydrogens (tertiary/aromatic N) is 1. The van der Waals surface area contributed by atoms with E-state index in [2.05, 4.69) is 4.98 Å². The minimum Gasteiger partial charge on any atom is -0.395 e. The van der Waals surface area contributed by atoms with Crippen LogP contribution in [0.1, 0.15) is 15.4 Å². The number of benzene rings is 1. The van der Waals surface area contributed by atoms with E-state index in [1.807, 2.05) is 43.5 Å². The summed E-state index contributed by atoms with van der Waals surface area (Å²) in [4.78, 5) is 5.30. The summed E-state index contributed by atoms with van der Waals surface area (Å²) in [5, 5.41) is 20.4. The van der Waals surface area contributed by atoms with Crippen LogP contribution >= 0.6 is 11.3 Å². The Morgan fingerprint density at radius 3 is 2.33 bits per heavy atom. The van der Waals surface area contributed by atoms with Gasteiger partial charge in [0.15, 0.2) is 0 Å². The minimum absolute atomic E-state index is 0.0789. The van der Waals surface area contributed by atoms with Crippen LogP contribution in [0.3, 0.4) is 0 Å². The van der Waals surface area contributed by atoms with Crippen LogP contribution in [-0.2, 0) is 11.8 Å².